The molecule has 3 heterocycles. The number of amides is 1. The fraction of sp³-hybridized carbons (Fsp3) is 0.160. The van der Waals surface area contributed by atoms with E-state index in [1.807, 2.05) is 24.4 Å². The van der Waals surface area contributed by atoms with E-state index in [-0.39, 0.29) is 17.0 Å². The van der Waals surface area contributed by atoms with Gasteiger partial charge >= 0.3 is 6.36 Å². The molecule has 0 bridgehead atoms. The van der Waals surface area contributed by atoms with Crippen LogP contribution in [0.5, 0.6) is 11.5 Å². The van der Waals surface area contributed by atoms with Crippen molar-refractivity contribution in [1.82, 2.24) is 19.7 Å². The highest BCUT2D eigenvalue weighted by atomic mass is 19.4. The van der Waals surface area contributed by atoms with Gasteiger partial charge in [0.1, 0.15) is 11.5 Å². The first-order valence-electron chi connectivity index (χ1n) is 11.1. The second-order valence-electron chi connectivity index (χ2n) is 8.03. The van der Waals surface area contributed by atoms with E-state index in [1.54, 1.807) is 18.0 Å². The summed E-state index contributed by atoms with van der Waals surface area (Å²) >= 11 is 0. The molecule has 0 atom stereocenters. The van der Waals surface area contributed by atoms with Gasteiger partial charge in [-0.25, -0.2) is 4.98 Å². The summed E-state index contributed by atoms with van der Waals surface area (Å²) in [4.78, 5) is 20.0. The fourth-order valence-electron chi connectivity index (χ4n) is 3.91. The molecule has 9 nitrogen and oxygen atoms in total. The number of hydrogen-bond acceptors (Lipinski definition) is 6. The lowest BCUT2D eigenvalue weighted by atomic mass is 10.1. The minimum atomic E-state index is -4.85. The van der Waals surface area contributed by atoms with Crippen LogP contribution in [0.25, 0.3) is 22.2 Å². The average molecular weight is 511 g/mol. The number of hydrogen-bond donors (Lipinski definition) is 2. The van der Waals surface area contributed by atoms with Gasteiger partial charge in [-0.3, -0.25) is 9.48 Å². The van der Waals surface area contributed by atoms with Gasteiger partial charge in [-0.2, -0.15) is 5.10 Å². The number of aromatic amines is 1. The Morgan fingerprint density at radius 1 is 1.19 bits per heavy atom. The van der Waals surface area contributed by atoms with Crippen molar-refractivity contribution >= 4 is 22.5 Å². The zero-order chi connectivity index (χ0) is 26.0. The predicted molar refractivity (Wildman–Crippen MR) is 127 cm³/mol. The van der Waals surface area contributed by atoms with Gasteiger partial charge < -0.3 is 24.2 Å². The van der Waals surface area contributed by atoms with Crippen molar-refractivity contribution in [1.29, 1.82) is 0 Å². The van der Waals surface area contributed by atoms with E-state index < -0.39 is 18.0 Å². The van der Waals surface area contributed by atoms with E-state index in [0.717, 1.165) is 40.7 Å². The summed E-state index contributed by atoms with van der Waals surface area (Å²) in [6.07, 6.45) is 1.99. The van der Waals surface area contributed by atoms with Gasteiger partial charge in [0.25, 0.3) is 5.91 Å². The molecule has 0 saturated carbocycles. The molecule has 0 aliphatic rings. The van der Waals surface area contributed by atoms with Crippen LogP contribution in [0.1, 0.15) is 16.1 Å². The highest BCUT2D eigenvalue weighted by molar-refractivity contribution is 6.06. The molecule has 0 saturated heterocycles. The van der Waals surface area contributed by atoms with Gasteiger partial charge in [0.2, 0.25) is 0 Å². The molecular formula is C25H20F3N5O4. The Bertz CT molecular complexity index is 1550. The van der Waals surface area contributed by atoms with Gasteiger partial charge in [0, 0.05) is 35.4 Å². The van der Waals surface area contributed by atoms with Gasteiger partial charge in [0.05, 0.1) is 19.0 Å². The first-order chi connectivity index (χ1) is 17.8. The minimum Gasteiger partial charge on any atom is -0.497 e. The van der Waals surface area contributed by atoms with Crippen molar-refractivity contribution in [3.8, 4) is 22.8 Å². The zero-order valence-corrected chi connectivity index (χ0v) is 19.4. The summed E-state index contributed by atoms with van der Waals surface area (Å²) in [7, 11) is 1.62. The number of carbonyl (C=O) groups excluding carboxylic acids is 1. The predicted octanol–water partition coefficient (Wildman–Crippen LogP) is 5.42. The molecule has 0 aliphatic heterocycles. The number of alkyl halides is 3. The Morgan fingerprint density at radius 3 is 2.86 bits per heavy atom. The molecule has 2 N–H and O–H groups in total. The number of aryl methyl sites for hydroxylation is 2. The Labute approximate surface area is 207 Å². The Balaban J connectivity index is 1.26. The van der Waals surface area contributed by atoms with Gasteiger partial charge in [-0.05, 0) is 42.3 Å². The van der Waals surface area contributed by atoms with Gasteiger partial charge in [0.15, 0.2) is 17.8 Å². The number of fused-ring (bicyclic) bond motifs is 1. The normalized spacial score (nSPS) is 11.6. The number of methoxy groups -OCH3 is 1. The monoisotopic (exact) mass is 511 g/mol. The Hall–Kier alpha value is -4.74. The van der Waals surface area contributed by atoms with Crippen molar-refractivity contribution in [2.24, 2.45) is 0 Å². The number of nitrogens with one attached hydrogen (secondary N) is 2. The number of oxazole rings is 1. The van der Waals surface area contributed by atoms with Crippen LogP contribution < -0.4 is 14.8 Å². The first-order valence-corrected chi connectivity index (χ1v) is 11.1. The molecule has 2 aromatic carbocycles. The van der Waals surface area contributed by atoms with Crippen LogP contribution in [-0.2, 0) is 13.0 Å². The molecule has 0 aliphatic carbocycles. The summed E-state index contributed by atoms with van der Waals surface area (Å²) < 4.78 is 53.9. The number of aromatic nitrogens is 4. The van der Waals surface area contributed by atoms with E-state index in [9.17, 15) is 18.0 Å². The smallest absolute Gasteiger partial charge is 0.497 e. The number of carbonyl (C=O) groups is 1. The summed E-state index contributed by atoms with van der Waals surface area (Å²) in [6, 6.07) is 10.9. The Morgan fingerprint density at radius 2 is 2.05 bits per heavy atom. The van der Waals surface area contributed by atoms with Crippen LogP contribution in [0.2, 0.25) is 0 Å². The number of rotatable bonds is 8. The number of ether oxygens (including phenoxy) is 2. The summed E-state index contributed by atoms with van der Waals surface area (Å²) in [5.41, 5.74) is 2.64. The van der Waals surface area contributed by atoms with Crippen molar-refractivity contribution < 1.29 is 31.9 Å². The molecular weight excluding hydrogens is 491 g/mol. The van der Waals surface area contributed by atoms with Crippen LogP contribution in [0, 0.1) is 0 Å². The van der Waals surface area contributed by atoms with Gasteiger partial charge in [-0.15, -0.1) is 13.2 Å². The van der Waals surface area contributed by atoms with E-state index in [2.05, 4.69) is 25.1 Å². The number of benzene rings is 2. The third-order valence-electron chi connectivity index (χ3n) is 5.59. The van der Waals surface area contributed by atoms with E-state index >= 15 is 0 Å². The molecule has 190 valence electrons. The summed E-state index contributed by atoms with van der Waals surface area (Å²) in [5.74, 6) is -0.270. The minimum absolute atomic E-state index is 0.00674. The lowest BCUT2D eigenvalue weighted by Crippen LogP contribution is -2.17. The maximum atomic E-state index is 12.8. The topological polar surface area (TPSA) is 107 Å². The van der Waals surface area contributed by atoms with Crippen molar-refractivity contribution in [2.45, 2.75) is 19.3 Å². The van der Waals surface area contributed by atoms with Crippen molar-refractivity contribution in [3.63, 3.8) is 0 Å². The number of halogens is 3. The average Bonchev–Trinajstić information content (AvgIpc) is 3.61. The second kappa shape index (κ2) is 9.72. The quantitative estimate of drug-likeness (QED) is 0.288. The van der Waals surface area contributed by atoms with Crippen molar-refractivity contribution in [2.75, 3.05) is 12.4 Å². The third-order valence-corrected chi connectivity index (χ3v) is 5.59. The molecule has 12 heteroatoms. The van der Waals surface area contributed by atoms with Crippen LogP contribution in [-0.4, -0.2) is 39.1 Å². The molecule has 37 heavy (non-hydrogen) atoms. The Kier molecular flexibility index (Phi) is 6.30. The lowest BCUT2D eigenvalue weighted by Gasteiger charge is -2.09. The van der Waals surface area contributed by atoms with E-state index in [0.29, 0.717) is 18.7 Å². The van der Waals surface area contributed by atoms with E-state index in [4.69, 9.17) is 9.15 Å². The second-order valence-corrected chi connectivity index (χ2v) is 8.03. The molecule has 0 spiro atoms. The molecule has 5 aromatic rings. The maximum absolute atomic E-state index is 12.8. The summed E-state index contributed by atoms with van der Waals surface area (Å²) in [6.45, 7) is 0.557. The number of nitrogens with zero attached hydrogens (tertiary/aromatic N) is 3. The molecule has 1 amide bonds. The zero-order valence-electron chi connectivity index (χ0n) is 19.4. The van der Waals surface area contributed by atoms with Crippen molar-refractivity contribution in [3.05, 3.63) is 78.7 Å². The molecule has 3 aromatic heterocycles. The molecule has 0 radical (unpaired) electrons. The van der Waals surface area contributed by atoms with Crippen LogP contribution in [0.3, 0.4) is 0 Å². The number of H-pyrrole nitrogens is 1. The molecule has 0 unspecified atom stereocenters. The van der Waals surface area contributed by atoms with E-state index in [1.165, 1.54) is 18.3 Å². The third kappa shape index (κ3) is 5.42. The fourth-order valence-corrected chi connectivity index (χ4v) is 3.91. The van der Waals surface area contributed by atoms with Crippen LogP contribution in [0.15, 0.2) is 71.9 Å². The highest BCUT2D eigenvalue weighted by Gasteiger charge is 2.31. The highest BCUT2D eigenvalue weighted by Crippen LogP contribution is 2.30. The van der Waals surface area contributed by atoms with Crippen LogP contribution >= 0.6 is 0 Å². The molecule has 5 rings (SSSR count). The SMILES string of the molecule is COc1ccc2[nH]cc(CCn3cc(NC(=O)c4ncoc4-c4cccc(OC(F)(F)F)c4)cn3)c2c1. The first kappa shape index (κ1) is 24.0. The van der Waals surface area contributed by atoms with Crippen LogP contribution in [0.4, 0.5) is 18.9 Å². The number of anilines is 1. The molecule has 0 fully saturated rings. The standard InChI is InChI=1S/C25H20F3N5O4/c1-35-18-5-6-21-20(10-18)16(11-29-21)7-8-33-13-17(12-31-33)32-24(34)22-23(36-14-30-22)15-3-2-4-19(9-15)37-25(26,27)28/h2-6,9-14,29H,7-8H2,1H3,(H,32,34). The lowest BCUT2D eigenvalue weighted by molar-refractivity contribution is -0.274. The summed E-state index contributed by atoms with van der Waals surface area (Å²) in [5, 5.41) is 8.04. The maximum Gasteiger partial charge on any atom is 0.573 e. The van der Waals surface area contributed by atoms with Gasteiger partial charge in [-0.1, -0.05) is 12.1 Å². The largest absolute Gasteiger partial charge is 0.573 e.